The van der Waals surface area contributed by atoms with Crippen LogP contribution in [0, 0.1) is 0 Å². The second-order valence-electron chi connectivity index (χ2n) is 4.46. The summed E-state index contributed by atoms with van der Waals surface area (Å²) in [5.41, 5.74) is 7.30. The van der Waals surface area contributed by atoms with Crippen molar-refractivity contribution in [1.29, 1.82) is 0 Å². The number of phenols is 1. The van der Waals surface area contributed by atoms with Gasteiger partial charge < -0.3 is 10.8 Å². The Bertz CT molecular complexity index is 498. The maximum Gasteiger partial charge on any atom is 0.193 e. The molecule has 0 aromatic heterocycles. The Labute approximate surface area is 118 Å². The minimum Gasteiger partial charge on any atom is -0.508 e. The van der Waals surface area contributed by atoms with Crippen molar-refractivity contribution in [3.63, 3.8) is 0 Å². The van der Waals surface area contributed by atoms with Gasteiger partial charge in [-0.25, -0.2) is 0 Å². The van der Waals surface area contributed by atoms with Gasteiger partial charge in [-0.2, -0.15) is 0 Å². The van der Waals surface area contributed by atoms with E-state index in [0.29, 0.717) is 16.8 Å². The van der Waals surface area contributed by atoms with Crippen LogP contribution in [-0.2, 0) is 0 Å². The zero-order valence-electron chi connectivity index (χ0n) is 11.6. The summed E-state index contributed by atoms with van der Waals surface area (Å²) in [4.78, 5) is 11.9. The Hall–Kier alpha value is -2.37. The van der Waals surface area contributed by atoms with Gasteiger partial charge in [0.05, 0.1) is 0 Å². The third kappa shape index (κ3) is 5.09. The van der Waals surface area contributed by atoms with Gasteiger partial charge >= 0.3 is 0 Å². The van der Waals surface area contributed by atoms with Gasteiger partial charge in [0.15, 0.2) is 5.78 Å². The maximum absolute atomic E-state index is 11.9. The van der Waals surface area contributed by atoms with Crippen molar-refractivity contribution in [3.05, 3.63) is 59.7 Å². The van der Waals surface area contributed by atoms with Gasteiger partial charge in [-0.15, -0.1) is 0 Å². The van der Waals surface area contributed by atoms with Crippen molar-refractivity contribution in [1.82, 2.24) is 5.01 Å². The van der Waals surface area contributed by atoms with Crippen molar-refractivity contribution in [3.8, 4) is 5.75 Å². The monoisotopic (exact) mass is 273 g/mol. The van der Waals surface area contributed by atoms with Gasteiger partial charge in [0.2, 0.25) is 0 Å². The molecule has 0 spiro atoms. The van der Waals surface area contributed by atoms with Gasteiger partial charge in [0, 0.05) is 30.9 Å². The predicted molar refractivity (Wildman–Crippen MR) is 80.3 cm³/mol. The topological polar surface area (TPSA) is 92.6 Å². The molecule has 0 aliphatic heterocycles. The van der Waals surface area contributed by atoms with E-state index in [4.69, 9.17) is 16.7 Å². The van der Waals surface area contributed by atoms with Crippen LogP contribution in [0.4, 0.5) is 5.69 Å². The molecule has 0 atom stereocenters. The number of hydrogen-bond acceptors (Lipinski definition) is 5. The van der Waals surface area contributed by atoms with E-state index >= 15 is 0 Å². The van der Waals surface area contributed by atoms with Crippen molar-refractivity contribution in [2.75, 3.05) is 19.8 Å². The first-order chi connectivity index (χ1) is 9.40. The van der Waals surface area contributed by atoms with Crippen LogP contribution in [0.3, 0.4) is 0 Å². The van der Waals surface area contributed by atoms with E-state index in [1.807, 2.05) is 0 Å². The Kier molecular flexibility index (Phi) is 5.71. The number of rotatable bonds is 2. The van der Waals surface area contributed by atoms with Crippen LogP contribution in [-0.4, -0.2) is 30.0 Å². The zero-order chi connectivity index (χ0) is 15.1. The molecule has 0 aliphatic carbocycles. The minimum absolute atomic E-state index is 0.0833. The highest BCUT2D eigenvalue weighted by Crippen LogP contribution is 2.15. The molecule has 5 heteroatoms. The molecule has 0 saturated carbocycles. The summed E-state index contributed by atoms with van der Waals surface area (Å²) in [6.45, 7) is 0. The number of nitrogens with zero attached hydrogens (tertiary/aromatic N) is 1. The number of nitrogen functional groups attached to an aromatic ring is 1. The van der Waals surface area contributed by atoms with Crippen molar-refractivity contribution >= 4 is 11.5 Å². The second-order valence-corrected chi connectivity index (χ2v) is 4.46. The molecule has 20 heavy (non-hydrogen) atoms. The highest BCUT2D eigenvalue weighted by Gasteiger charge is 2.08. The number of carbonyl (C=O) groups excluding carboxylic acids is 1. The lowest BCUT2D eigenvalue weighted by Crippen LogP contribution is -2.18. The average Bonchev–Trinajstić information content (AvgIpc) is 2.39. The number of hydrogen-bond donors (Lipinski definition) is 3. The van der Waals surface area contributed by atoms with Gasteiger partial charge in [0.1, 0.15) is 5.75 Å². The molecule has 0 saturated heterocycles. The minimum atomic E-state index is -0.0833. The van der Waals surface area contributed by atoms with Gasteiger partial charge in [-0.05, 0) is 48.5 Å². The summed E-state index contributed by atoms with van der Waals surface area (Å²) < 4.78 is 0. The number of hydrazine groups is 1. The van der Waals surface area contributed by atoms with Gasteiger partial charge in [-0.3, -0.25) is 15.6 Å². The van der Waals surface area contributed by atoms with Crippen LogP contribution in [0.5, 0.6) is 5.75 Å². The molecule has 2 rings (SSSR count). The summed E-state index contributed by atoms with van der Waals surface area (Å²) in [7, 11) is 3.56. The summed E-state index contributed by atoms with van der Waals surface area (Å²) in [5.74, 6) is 5.01. The quantitative estimate of drug-likeness (QED) is 0.335. The van der Waals surface area contributed by atoms with E-state index < -0.39 is 0 Å². The first kappa shape index (κ1) is 15.7. The molecule has 0 bridgehead atoms. The molecule has 2 aromatic carbocycles. The maximum atomic E-state index is 11.9. The number of benzene rings is 2. The first-order valence-electron chi connectivity index (χ1n) is 6.01. The summed E-state index contributed by atoms with van der Waals surface area (Å²) in [6.07, 6.45) is 0. The lowest BCUT2D eigenvalue weighted by Gasteiger charge is -2.01. The molecule has 5 nitrogen and oxygen atoms in total. The Morgan fingerprint density at radius 3 is 1.70 bits per heavy atom. The lowest BCUT2D eigenvalue weighted by atomic mass is 10.0. The fourth-order valence-electron chi connectivity index (χ4n) is 1.41. The number of aromatic hydroxyl groups is 1. The molecular weight excluding hydrogens is 254 g/mol. The van der Waals surface area contributed by atoms with E-state index in [1.165, 1.54) is 17.1 Å². The zero-order valence-corrected chi connectivity index (χ0v) is 11.6. The van der Waals surface area contributed by atoms with Crippen LogP contribution < -0.4 is 11.6 Å². The third-order valence-electron chi connectivity index (χ3n) is 2.30. The van der Waals surface area contributed by atoms with E-state index in [1.54, 1.807) is 50.5 Å². The van der Waals surface area contributed by atoms with Crippen molar-refractivity contribution in [2.24, 2.45) is 5.84 Å². The van der Waals surface area contributed by atoms with Crippen molar-refractivity contribution < 1.29 is 9.90 Å². The van der Waals surface area contributed by atoms with Crippen LogP contribution in [0.2, 0.25) is 0 Å². The summed E-state index contributed by atoms with van der Waals surface area (Å²) >= 11 is 0. The molecule has 0 heterocycles. The van der Waals surface area contributed by atoms with Crippen LogP contribution in [0.15, 0.2) is 48.5 Å². The van der Waals surface area contributed by atoms with Crippen LogP contribution in [0.1, 0.15) is 15.9 Å². The number of ketones is 1. The fourth-order valence-corrected chi connectivity index (χ4v) is 1.41. The standard InChI is InChI=1S/C13H11NO2.C2H8N2/c14-11-5-1-9(2-6-11)13(16)10-3-7-12(15)8-4-10;1-4(2)3/h1-8,15H,14H2;3H2,1-2H3. The van der Waals surface area contributed by atoms with Gasteiger partial charge in [-0.1, -0.05) is 0 Å². The first-order valence-corrected chi connectivity index (χ1v) is 6.01. The molecule has 0 amide bonds. The summed E-state index contributed by atoms with van der Waals surface area (Å²) in [5, 5.41) is 10.6. The number of carbonyl (C=O) groups is 1. The third-order valence-corrected chi connectivity index (χ3v) is 2.30. The Balaban J connectivity index is 0.000000444. The van der Waals surface area contributed by atoms with E-state index in [9.17, 15) is 4.79 Å². The molecular formula is C15H19N3O2. The lowest BCUT2D eigenvalue weighted by molar-refractivity contribution is 0.103. The molecule has 2 aromatic rings. The Morgan fingerprint density at radius 2 is 1.30 bits per heavy atom. The molecule has 0 unspecified atom stereocenters. The van der Waals surface area contributed by atoms with E-state index in [2.05, 4.69) is 0 Å². The smallest absolute Gasteiger partial charge is 0.193 e. The average molecular weight is 273 g/mol. The van der Waals surface area contributed by atoms with Crippen LogP contribution in [0.25, 0.3) is 0 Å². The molecule has 106 valence electrons. The number of nitrogens with two attached hydrogens (primary N) is 2. The predicted octanol–water partition coefficient (Wildman–Crippen LogP) is 1.63. The largest absolute Gasteiger partial charge is 0.508 e. The second kappa shape index (κ2) is 7.28. The van der Waals surface area contributed by atoms with Crippen molar-refractivity contribution in [2.45, 2.75) is 0 Å². The van der Waals surface area contributed by atoms with Gasteiger partial charge in [0.25, 0.3) is 0 Å². The highest BCUT2D eigenvalue weighted by molar-refractivity contribution is 6.09. The molecule has 0 aliphatic rings. The SMILES string of the molecule is CN(C)N.Nc1ccc(C(=O)c2ccc(O)cc2)cc1. The highest BCUT2D eigenvalue weighted by atomic mass is 16.3. The van der Waals surface area contributed by atoms with E-state index in [-0.39, 0.29) is 11.5 Å². The molecule has 5 N–H and O–H groups in total. The number of anilines is 1. The van der Waals surface area contributed by atoms with Crippen LogP contribution >= 0.6 is 0 Å². The summed E-state index contributed by atoms with van der Waals surface area (Å²) in [6, 6.07) is 12.9. The molecule has 0 radical (unpaired) electrons. The number of phenolic OH excluding ortho intramolecular Hbond substituents is 1. The fraction of sp³-hybridized carbons (Fsp3) is 0.133. The normalized spacial score (nSPS) is 9.80. The molecule has 0 fully saturated rings. The van der Waals surface area contributed by atoms with E-state index in [0.717, 1.165) is 0 Å². The Morgan fingerprint density at radius 1 is 0.950 bits per heavy atom.